The Morgan fingerprint density at radius 1 is 1.15 bits per heavy atom. The van der Waals surface area contributed by atoms with Crippen molar-refractivity contribution < 1.29 is 18.3 Å². The highest BCUT2D eigenvalue weighted by Crippen LogP contribution is 2.23. The van der Waals surface area contributed by atoms with Crippen molar-refractivity contribution in [3.63, 3.8) is 0 Å². The van der Waals surface area contributed by atoms with Gasteiger partial charge in [0.25, 0.3) is 0 Å². The first-order valence-corrected chi connectivity index (χ1v) is 6.84. The molecule has 20 heavy (non-hydrogen) atoms. The van der Waals surface area contributed by atoms with Crippen molar-refractivity contribution in [3.8, 4) is 5.75 Å². The van der Waals surface area contributed by atoms with E-state index in [9.17, 15) is 13.6 Å². The van der Waals surface area contributed by atoms with Gasteiger partial charge in [0.1, 0.15) is 17.4 Å². The number of ketones is 1. The Hall–Kier alpha value is -1.88. The van der Waals surface area contributed by atoms with Crippen LogP contribution in [0.2, 0.25) is 0 Å². The third-order valence-electron chi connectivity index (χ3n) is 2.66. The maximum absolute atomic E-state index is 13.4. The molecule has 0 fully saturated rings. The van der Waals surface area contributed by atoms with Crippen LogP contribution < -0.4 is 4.74 Å². The minimum atomic E-state index is -0.702. The molecular weight excluding hydrogens is 282 g/mol. The van der Waals surface area contributed by atoms with E-state index in [0.29, 0.717) is 0 Å². The molecular formula is C15H12F2O2S. The first-order chi connectivity index (χ1) is 9.60. The number of methoxy groups -OCH3 is 1. The topological polar surface area (TPSA) is 26.3 Å². The molecule has 0 saturated carbocycles. The van der Waals surface area contributed by atoms with Gasteiger partial charge in [-0.2, -0.15) is 0 Å². The lowest BCUT2D eigenvalue weighted by Crippen LogP contribution is -2.05. The lowest BCUT2D eigenvalue weighted by atomic mass is 10.1. The van der Waals surface area contributed by atoms with Gasteiger partial charge in [-0.05, 0) is 42.5 Å². The molecule has 0 aliphatic heterocycles. The summed E-state index contributed by atoms with van der Waals surface area (Å²) in [7, 11) is 1.57. The second kappa shape index (κ2) is 6.52. The van der Waals surface area contributed by atoms with Crippen LogP contribution >= 0.6 is 11.8 Å². The Bertz CT molecular complexity index is 612. The van der Waals surface area contributed by atoms with Crippen molar-refractivity contribution in [1.29, 1.82) is 0 Å². The molecule has 2 aromatic rings. The van der Waals surface area contributed by atoms with Crippen LogP contribution in [-0.2, 0) is 0 Å². The number of thioether (sulfide) groups is 1. The third-order valence-corrected chi connectivity index (χ3v) is 3.67. The fourth-order valence-electron chi connectivity index (χ4n) is 1.61. The zero-order valence-corrected chi connectivity index (χ0v) is 11.5. The van der Waals surface area contributed by atoms with Gasteiger partial charge < -0.3 is 4.74 Å². The molecule has 0 N–H and O–H groups in total. The first kappa shape index (κ1) is 14.5. The summed E-state index contributed by atoms with van der Waals surface area (Å²) in [4.78, 5) is 12.7. The van der Waals surface area contributed by atoms with E-state index in [0.717, 1.165) is 28.8 Å². The molecule has 0 saturated heterocycles. The Morgan fingerprint density at radius 2 is 1.85 bits per heavy atom. The van der Waals surface area contributed by atoms with E-state index in [1.807, 2.05) is 0 Å². The SMILES string of the molecule is COc1ccc(SCC(=O)c2cc(F)ccc2F)cc1. The Labute approximate surface area is 119 Å². The van der Waals surface area contributed by atoms with E-state index in [-0.39, 0.29) is 11.3 Å². The lowest BCUT2D eigenvalue weighted by Gasteiger charge is -2.04. The highest BCUT2D eigenvalue weighted by Gasteiger charge is 2.13. The fraction of sp³-hybridized carbons (Fsp3) is 0.133. The van der Waals surface area contributed by atoms with E-state index in [4.69, 9.17) is 4.74 Å². The van der Waals surface area contributed by atoms with Gasteiger partial charge in [0.15, 0.2) is 5.78 Å². The highest BCUT2D eigenvalue weighted by molar-refractivity contribution is 8.00. The average Bonchev–Trinajstić information content (AvgIpc) is 2.47. The second-order valence-corrected chi connectivity index (χ2v) is 5.06. The third kappa shape index (κ3) is 3.57. The molecule has 0 aliphatic carbocycles. The number of ether oxygens (including phenoxy) is 1. The number of carbonyl (C=O) groups excluding carboxylic acids is 1. The normalized spacial score (nSPS) is 10.3. The standard InChI is InChI=1S/C15H12F2O2S/c1-19-11-3-5-12(6-4-11)20-9-15(18)13-8-10(16)2-7-14(13)17/h2-8H,9H2,1H3. The van der Waals surface area contributed by atoms with Crippen molar-refractivity contribution in [1.82, 2.24) is 0 Å². The van der Waals surface area contributed by atoms with E-state index in [2.05, 4.69) is 0 Å². The molecule has 0 aliphatic rings. The molecule has 2 nitrogen and oxygen atoms in total. The second-order valence-electron chi connectivity index (χ2n) is 4.01. The predicted molar refractivity (Wildman–Crippen MR) is 74.4 cm³/mol. The quantitative estimate of drug-likeness (QED) is 0.617. The molecule has 5 heteroatoms. The summed E-state index contributed by atoms with van der Waals surface area (Å²) >= 11 is 1.26. The molecule has 0 radical (unpaired) electrons. The van der Waals surface area contributed by atoms with Crippen molar-refractivity contribution in [3.05, 3.63) is 59.7 Å². The lowest BCUT2D eigenvalue weighted by molar-refractivity contribution is 0.101. The summed E-state index contributed by atoms with van der Waals surface area (Å²) in [6.45, 7) is 0. The largest absolute Gasteiger partial charge is 0.497 e. The van der Waals surface area contributed by atoms with Crippen molar-refractivity contribution >= 4 is 17.5 Å². The fourth-order valence-corrected chi connectivity index (χ4v) is 2.39. The summed E-state index contributed by atoms with van der Waals surface area (Å²) in [6, 6.07) is 10.0. The molecule has 0 atom stereocenters. The molecule has 2 rings (SSSR count). The minimum Gasteiger partial charge on any atom is -0.497 e. The molecule has 0 amide bonds. The molecule has 0 unspecified atom stereocenters. The highest BCUT2D eigenvalue weighted by atomic mass is 32.2. The van der Waals surface area contributed by atoms with E-state index in [1.54, 1.807) is 31.4 Å². The van der Waals surface area contributed by atoms with Crippen molar-refractivity contribution in [2.24, 2.45) is 0 Å². The summed E-state index contributed by atoms with van der Waals surface area (Å²) in [5.41, 5.74) is -0.217. The zero-order chi connectivity index (χ0) is 14.5. The van der Waals surface area contributed by atoms with Gasteiger partial charge in [0, 0.05) is 4.90 Å². The van der Waals surface area contributed by atoms with Gasteiger partial charge in [-0.15, -0.1) is 11.8 Å². The summed E-state index contributed by atoms with van der Waals surface area (Å²) in [5, 5.41) is 0. The van der Waals surface area contributed by atoms with Gasteiger partial charge in [0.05, 0.1) is 18.4 Å². The predicted octanol–water partition coefficient (Wildman–Crippen LogP) is 3.95. The Morgan fingerprint density at radius 3 is 2.50 bits per heavy atom. The van der Waals surface area contributed by atoms with Crippen LogP contribution in [-0.4, -0.2) is 18.6 Å². The van der Waals surface area contributed by atoms with Crippen LogP contribution in [0.4, 0.5) is 8.78 Å². The Balaban J connectivity index is 2.02. The molecule has 0 bridgehead atoms. The molecule has 104 valence electrons. The van der Waals surface area contributed by atoms with E-state index in [1.165, 1.54) is 11.8 Å². The number of hydrogen-bond acceptors (Lipinski definition) is 3. The van der Waals surface area contributed by atoms with Crippen LogP contribution in [0, 0.1) is 11.6 Å². The van der Waals surface area contributed by atoms with Crippen LogP contribution in [0.25, 0.3) is 0 Å². The molecule has 0 aromatic heterocycles. The average molecular weight is 294 g/mol. The van der Waals surface area contributed by atoms with Crippen molar-refractivity contribution in [2.75, 3.05) is 12.9 Å². The van der Waals surface area contributed by atoms with Gasteiger partial charge in [-0.25, -0.2) is 8.78 Å². The minimum absolute atomic E-state index is 0.0483. The summed E-state index contributed by atoms with van der Waals surface area (Å²) in [5.74, 6) is -0.997. The first-order valence-electron chi connectivity index (χ1n) is 5.85. The maximum atomic E-state index is 13.4. The van der Waals surface area contributed by atoms with Gasteiger partial charge in [0.2, 0.25) is 0 Å². The van der Waals surface area contributed by atoms with Gasteiger partial charge in [-0.3, -0.25) is 4.79 Å². The number of rotatable bonds is 5. The Kier molecular flexibility index (Phi) is 4.74. The molecule has 0 heterocycles. The molecule has 2 aromatic carbocycles. The maximum Gasteiger partial charge on any atom is 0.176 e. The number of carbonyl (C=O) groups is 1. The van der Waals surface area contributed by atoms with Crippen LogP contribution in [0.5, 0.6) is 5.75 Å². The van der Waals surface area contributed by atoms with Crippen LogP contribution in [0.3, 0.4) is 0 Å². The number of benzene rings is 2. The van der Waals surface area contributed by atoms with Gasteiger partial charge in [-0.1, -0.05) is 0 Å². The summed E-state index contributed by atoms with van der Waals surface area (Å²) in [6.07, 6.45) is 0. The smallest absolute Gasteiger partial charge is 0.176 e. The van der Waals surface area contributed by atoms with Gasteiger partial charge >= 0.3 is 0 Å². The van der Waals surface area contributed by atoms with Crippen LogP contribution in [0.1, 0.15) is 10.4 Å². The zero-order valence-electron chi connectivity index (χ0n) is 10.7. The van der Waals surface area contributed by atoms with E-state index < -0.39 is 17.4 Å². The number of hydrogen-bond donors (Lipinski definition) is 0. The van der Waals surface area contributed by atoms with E-state index >= 15 is 0 Å². The van der Waals surface area contributed by atoms with Crippen LogP contribution in [0.15, 0.2) is 47.4 Å². The molecule has 0 spiro atoms. The summed E-state index contributed by atoms with van der Waals surface area (Å²) < 4.78 is 31.5. The van der Waals surface area contributed by atoms with Crippen molar-refractivity contribution in [2.45, 2.75) is 4.90 Å². The monoisotopic (exact) mass is 294 g/mol. The number of Topliss-reactive ketones (excluding diaryl/α,β-unsaturated/α-hetero) is 1. The number of halogens is 2.